The first-order valence-corrected chi connectivity index (χ1v) is 7.07. The van der Waals surface area contributed by atoms with Crippen LogP contribution < -0.4 is 5.73 Å². The minimum atomic E-state index is 0.0764. The summed E-state index contributed by atoms with van der Waals surface area (Å²) in [7, 11) is 0. The Morgan fingerprint density at radius 3 is 2.93 bits per heavy atom. The van der Waals surface area contributed by atoms with Crippen LogP contribution in [0.15, 0.2) is 0 Å². The molecule has 1 aliphatic heterocycles. The molecule has 2 rings (SSSR count). The van der Waals surface area contributed by atoms with Crippen molar-refractivity contribution in [1.82, 2.24) is 4.98 Å². The molecule has 0 amide bonds. The van der Waals surface area contributed by atoms with Crippen LogP contribution in [-0.2, 0) is 4.74 Å². The van der Waals surface area contributed by atoms with Gasteiger partial charge in [0.2, 0.25) is 0 Å². The normalized spacial score (nSPS) is 24.1. The Balaban J connectivity index is 2.17. The molecule has 1 aromatic heterocycles. The summed E-state index contributed by atoms with van der Waals surface area (Å²) in [6.45, 7) is 4.86. The molecule has 84 valence electrons. The zero-order chi connectivity index (χ0) is 10.8. The Morgan fingerprint density at radius 2 is 2.40 bits per heavy atom. The first kappa shape index (κ1) is 11.4. The predicted octanol–water partition coefficient (Wildman–Crippen LogP) is 2.28. The molecule has 1 saturated heterocycles. The molecular formula is C10H16N2OS2. The van der Waals surface area contributed by atoms with Crippen LogP contribution in [0.5, 0.6) is 0 Å². The Labute approximate surface area is 98.4 Å². The maximum Gasteiger partial charge on any atom is 0.123 e. The molecule has 0 saturated carbocycles. The van der Waals surface area contributed by atoms with Crippen molar-refractivity contribution >= 4 is 23.1 Å². The first-order chi connectivity index (χ1) is 7.18. The molecule has 1 fully saturated rings. The highest BCUT2D eigenvalue weighted by molar-refractivity contribution is 7.99. The summed E-state index contributed by atoms with van der Waals surface area (Å²) in [6, 6.07) is 0.0764. The van der Waals surface area contributed by atoms with Crippen molar-refractivity contribution in [3.8, 4) is 0 Å². The number of aryl methyl sites for hydroxylation is 1. The molecule has 3 nitrogen and oxygen atoms in total. The molecule has 1 aliphatic rings. The quantitative estimate of drug-likeness (QED) is 0.867. The van der Waals surface area contributed by atoms with E-state index in [4.69, 9.17) is 10.5 Å². The summed E-state index contributed by atoms with van der Waals surface area (Å²) in [5.41, 5.74) is 6.94. The summed E-state index contributed by atoms with van der Waals surface area (Å²) in [4.78, 5) is 5.74. The number of aromatic nitrogens is 1. The van der Waals surface area contributed by atoms with Gasteiger partial charge in [0.15, 0.2) is 0 Å². The Bertz CT molecular complexity index is 332. The lowest BCUT2D eigenvalue weighted by atomic mass is 10.2. The maximum absolute atomic E-state index is 5.88. The Hall–Kier alpha value is -0.100. The van der Waals surface area contributed by atoms with Crippen LogP contribution in [-0.4, -0.2) is 23.1 Å². The molecule has 0 spiro atoms. The van der Waals surface area contributed by atoms with E-state index >= 15 is 0 Å². The smallest absolute Gasteiger partial charge is 0.123 e. The third kappa shape index (κ3) is 2.53. The van der Waals surface area contributed by atoms with Gasteiger partial charge in [0, 0.05) is 22.4 Å². The zero-order valence-corrected chi connectivity index (χ0v) is 10.7. The number of nitrogens with two attached hydrogens (primary N) is 1. The van der Waals surface area contributed by atoms with Gasteiger partial charge in [-0.2, -0.15) is 11.8 Å². The van der Waals surface area contributed by atoms with E-state index in [0.29, 0.717) is 0 Å². The lowest BCUT2D eigenvalue weighted by Crippen LogP contribution is -2.15. The van der Waals surface area contributed by atoms with Crippen molar-refractivity contribution < 1.29 is 4.74 Å². The van der Waals surface area contributed by atoms with Gasteiger partial charge in [-0.15, -0.1) is 11.3 Å². The topological polar surface area (TPSA) is 48.1 Å². The fraction of sp³-hybridized carbons (Fsp3) is 0.700. The van der Waals surface area contributed by atoms with Crippen LogP contribution >= 0.6 is 23.1 Å². The fourth-order valence-electron chi connectivity index (χ4n) is 1.62. The van der Waals surface area contributed by atoms with Crippen molar-refractivity contribution in [2.45, 2.75) is 26.0 Å². The first-order valence-electron chi connectivity index (χ1n) is 5.10. The van der Waals surface area contributed by atoms with E-state index in [-0.39, 0.29) is 12.1 Å². The van der Waals surface area contributed by atoms with Crippen molar-refractivity contribution in [3.63, 3.8) is 0 Å². The van der Waals surface area contributed by atoms with Crippen LogP contribution in [0.25, 0.3) is 0 Å². The van der Waals surface area contributed by atoms with Gasteiger partial charge in [-0.05, 0) is 13.8 Å². The zero-order valence-electron chi connectivity index (χ0n) is 9.03. The van der Waals surface area contributed by atoms with E-state index in [1.54, 1.807) is 11.3 Å². The van der Waals surface area contributed by atoms with Crippen LogP contribution in [0.3, 0.4) is 0 Å². The lowest BCUT2D eigenvalue weighted by molar-refractivity contribution is 0.0754. The molecular weight excluding hydrogens is 228 g/mol. The van der Waals surface area contributed by atoms with Crippen molar-refractivity contribution in [3.05, 3.63) is 15.6 Å². The summed E-state index contributed by atoms with van der Waals surface area (Å²) in [5, 5.41) is 1.09. The highest BCUT2D eigenvalue weighted by atomic mass is 32.2. The average molecular weight is 244 g/mol. The highest BCUT2D eigenvalue weighted by Crippen LogP contribution is 2.32. The predicted molar refractivity (Wildman–Crippen MR) is 65.5 cm³/mol. The van der Waals surface area contributed by atoms with E-state index in [0.717, 1.165) is 28.8 Å². The van der Waals surface area contributed by atoms with Gasteiger partial charge in [-0.3, -0.25) is 0 Å². The molecule has 0 aromatic carbocycles. The number of rotatable bonds is 2. The van der Waals surface area contributed by atoms with Gasteiger partial charge < -0.3 is 10.5 Å². The fourth-order valence-corrected chi connectivity index (χ4v) is 3.64. The number of ether oxygens (including phenoxy) is 1. The van der Waals surface area contributed by atoms with E-state index in [1.807, 2.05) is 25.6 Å². The van der Waals surface area contributed by atoms with Crippen molar-refractivity contribution in [1.29, 1.82) is 0 Å². The van der Waals surface area contributed by atoms with Gasteiger partial charge in [0.1, 0.15) is 11.1 Å². The standard InChI is InChI=1S/C10H16N2OS2/c1-6(11)9-7(2)12-10(15-9)8-5-14-4-3-13-8/h6,8H,3-5,11H2,1-2H3. The Morgan fingerprint density at radius 1 is 1.60 bits per heavy atom. The second kappa shape index (κ2) is 4.82. The average Bonchev–Trinajstić information content (AvgIpc) is 2.62. The minimum absolute atomic E-state index is 0.0764. The number of hydrogen-bond donors (Lipinski definition) is 1. The minimum Gasteiger partial charge on any atom is -0.369 e. The van der Waals surface area contributed by atoms with Gasteiger partial charge in [0.05, 0.1) is 12.3 Å². The number of nitrogens with zero attached hydrogens (tertiary/aromatic N) is 1. The van der Waals surface area contributed by atoms with Crippen LogP contribution in [0, 0.1) is 6.92 Å². The molecule has 2 heterocycles. The number of thioether (sulfide) groups is 1. The molecule has 2 atom stereocenters. The SMILES string of the molecule is Cc1nc(C2CSCCO2)sc1C(C)N. The maximum atomic E-state index is 5.88. The second-order valence-electron chi connectivity index (χ2n) is 3.72. The van der Waals surface area contributed by atoms with Crippen molar-refractivity contribution in [2.24, 2.45) is 5.73 Å². The molecule has 5 heteroatoms. The third-order valence-corrected chi connectivity index (χ3v) is 4.80. The lowest BCUT2D eigenvalue weighted by Gasteiger charge is -2.19. The molecule has 2 unspecified atom stereocenters. The van der Waals surface area contributed by atoms with Crippen LogP contribution in [0.4, 0.5) is 0 Å². The molecule has 2 N–H and O–H groups in total. The van der Waals surface area contributed by atoms with Gasteiger partial charge in [-0.25, -0.2) is 4.98 Å². The van der Waals surface area contributed by atoms with E-state index < -0.39 is 0 Å². The van der Waals surface area contributed by atoms with E-state index in [1.165, 1.54) is 4.88 Å². The highest BCUT2D eigenvalue weighted by Gasteiger charge is 2.22. The van der Waals surface area contributed by atoms with Crippen molar-refractivity contribution in [2.75, 3.05) is 18.1 Å². The third-order valence-electron chi connectivity index (χ3n) is 2.35. The summed E-state index contributed by atoms with van der Waals surface area (Å²) in [6.07, 6.45) is 0.181. The van der Waals surface area contributed by atoms with Gasteiger partial charge >= 0.3 is 0 Å². The number of thiazole rings is 1. The van der Waals surface area contributed by atoms with Crippen LogP contribution in [0.2, 0.25) is 0 Å². The summed E-state index contributed by atoms with van der Waals surface area (Å²) >= 11 is 3.63. The Kier molecular flexibility index (Phi) is 3.66. The molecule has 1 aromatic rings. The monoisotopic (exact) mass is 244 g/mol. The molecule has 15 heavy (non-hydrogen) atoms. The summed E-state index contributed by atoms with van der Waals surface area (Å²) < 4.78 is 5.70. The van der Waals surface area contributed by atoms with Crippen LogP contribution in [0.1, 0.15) is 34.6 Å². The second-order valence-corrected chi connectivity index (χ2v) is 5.94. The molecule has 0 radical (unpaired) electrons. The van der Waals surface area contributed by atoms with Gasteiger partial charge in [0.25, 0.3) is 0 Å². The number of hydrogen-bond acceptors (Lipinski definition) is 5. The van der Waals surface area contributed by atoms with Gasteiger partial charge in [-0.1, -0.05) is 0 Å². The summed E-state index contributed by atoms with van der Waals surface area (Å²) in [5.74, 6) is 2.12. The van der Waals surface area contributed by atoms with E-state index in [2.05, 4.69) is 4.98 Å². The molecule has 0 bridgehead atoms. The molecule has 0 aliphatic carbocycles. The largest absolute Gasteiger partial charge is 0.369 e. The van der Waals surface area contributed by atoms with E-state index in [9.17, 15) is 0 Å².